The van der Waals surface area contributed by atoms with E-state index in [0.717, 1.165) is 11.1 Å². The molecule has 2 aromatic heterocycles. The molecular weight excluding hydrogens is 438 g/mol. The van der Waals surface area contributed by atoms with Crippen LogP contribution in [0, 0.1) is 6.92 Å². The number of esters is 1. The molecule has 0 spiro atoms. The van der Waals surface area contributed by atoms with E-state index in [1.165, 1.54) is 24.5 Å². The Morgan fingerprint density at radius 3 is 2.55 bits per heavy atom. The maximum Gasteiger partial charge on any atom is 0.349 e. The van der Waals surface area contributed by atoms with Crippen LogP contribution in [0.25, 0.3) is 22.1 Å². The smallest absolute Gasteiger partial charge is 0.349 e. The van der Waals surface area contributed by atoms with E-state index < -0.39 is 17.5 Å². The van der Waals surface area contributed by atoms with Gasteiger partial charge < -0.3 is 14.5 Å². The van der Waals surface area contributed by atoms with Crippen molar-refractivity contribution in [2.45, 2.75) is 6.92 Å². The minimum atomic E-state index is -0.790. The highest BCUT2D eigenvalue weighted by Crippen LogP contribution is 2.36. The lowest BCUT2D eigenvalue weighted by Gasteiger charge is -2.08. The number of anilines is 1. The number of carbonyl (C=O) groups excluding carboxylic acids is 2. The summed E-state index contributed by atoms with van der Waals surface area (Å²) in [7, 11) is 1.27. The molecule has 8 heteroatoms. The van der Waals surface area contributed by atoms with E-state index in [9.17, 15) is 14.4 Å². The van der Waals surface area contributed by atoms with Gasteiger partial charge in [-0.15, -0.1) is 11.3 Å². The molecule has 0 unspecified atom stereocenters. The highest BCUT2D eigenvalue weighted by molar-refractivity contribution is 7.15. The molecule has 1 N–H and O–H groups in total. The van der Waals surface area contributed by atoms with Crippen molar-refractivity contribution in [3.63, 3.8) is 0 Å². The number of nitrogens with one attached hydrogen (secondary N) is 1. The average molecular weight is 454 g/mol. The molecule has 0 bridgehead atoms. The van der Waals surface area contributed by atoms with Gasteiger partial charge in [-0.05, 0) is 36.8 Å². The van der Waals surface area contributed by atoms with Crippen LogP contribution in [0.1, 0.15) is 26.3 Å². The zero-order valence-electron chi connectivity index (χ0n) is 16.5. The Bertz CT molecular complexity index is 1370. The van der Waals surface area contributed by atoms with E-state index in [0.29, 0.717) is 21.6 Å². The molecule has 0 aliphatic rings. The molecule has 1 amide bonds. The number of methoxy groups -OCH3 is 1. The highest BCUT2D eigenvalue weighted by Gasteiger charge is 2.24. The van der Waals surface area contributed by atoms with Crippen molar-refractivity contribution in [2.75, 3.05) is 12.4 Å². The summed E-state index contributed by atoms with van der Waals surface area (Å²) in [6, 6.07) is 13.8. The van der Waals surface area contributed by atoms with Gasteiger partial charge in [-0.2, -0.15) is 0 Å². The average Bonchev–Trinajstić information content (AvgIpc) is 3.16. The van der Waals surface area contributed by atoms with E-state index in [2.05, 4.69) is 5.32 Å². The molecule has 0 saturated carbocycles. The fourth-order valence-corrected chi connectivity index (χ4v) is 4.26. The number of benzene rings is 2. The molecule has 0 aliphatic heterocycles. The normalized spacial score (nSPS) is 10.8. The van der Waals surface area contributed by atoms with Crippen LogP contribution >= 0.6 is 22.9 Å². The Morgan fingerprint density at radius 2 is 1.84 bits per heavy atom. The van der Waals surface area contributed by atoms with Gasteiger partial charge in [0.25, 0.3) is 5.91 Å². The molecule has 0 fully saturated rings. The van der Waals surface area contributed by atoms with Crippen molar-refractivity contribution < 1.29 is 18.7 Å². The molecule has 6 nitrogen and oxygen atoms in total. The zero-order chi connectivity index (χ0) is 22.1. The summed E-state index contributed by atoms with van der Waals surface area (Å²) in [4.78, 5) is 37.7. The molecule has 0 radical (unpaired) electrons. The first-order valence-corrected chi connectivity index (χ1v) is 10.4. The fourth-order valence-electron chi connectivity index (χ4n) is 3.12. The third kappa shape index (κ3) is 4.10. The lowest BCUT2D eigenvalue weighted by molar-refractivity contribution is 0.0603. The van der Waals surface area contributed by atoms with E-state index in [1.807, 2.05) is 31.2 Å². The Hall–Kier alpha value is -3.42. The Labute approximate surface area is 186 Å². The van der Waals surface area contributed by atoms with Crippen LogP contribution in [0.4, 0.5) is 5.00 Å². The predicted molar refractivity (Wildman–Crippen MR) is 121 cm³/mol. The number of fused-ring (bicyclic) bond motifs is 1. The SMILES string of the molecule is COC(=O)c1c(-c2ccc(C)cc2)csc1NC(=O)c1cc2cc(Cl)ccc2oc1=O. The molecule has 0 saturated heterocycles. The minimum Gasteiger partial charge on any atom is -0.465 e. The minimum absolute atomic E-state index is 0.198. The standard InChI is InChI=1S/C23H16ClNO5S/c1-12-3-5-13(6-4-12)17-11-31-21(19(17)23(28)29-2)25-20(26)16-10-14-9-15(24)7-8-18(14)30-22(16)27/h3-11H,1-2H3,(H,25,26). The summed E-state index contributed by atoms with van der Waals surface area (Å²) in [6.07, 6.45) is 0. The van der Waals surface area contributed by atoms with Crippen molar-refractivity contribution in [1.29, 1.82) is 0 Å². The largest absolute Gasteiger partial charge is 0.465 e. The molecule has 4 rings (SSSR count). The number of hydrogen-bond acceptors (Lipinski definition) is 6. The van der Waals surface area contributed by atoms with Crippen LogP contribution in [0.5, 0.6) is 0 Å². The van der Waals surface area contributed by atoms with Gasteiger partial charge in [0.2, 0.25) is 0 Å². The van der Waals surface area contributed by atoms with E-state index in [-0.39, 0.29) is 16.1 Å². The van der Waals surface area contributed by atoms with Crippen molar-refractivity contribution in [3.8, 4) is 11.1 Å². The van der Waals surface area contributed by atoms with Crippen LogP contribution in [0.15, 0.2) is 63.1 Å². The third-order valence-electron chi connectivity index (χ3n) is 4.71. The number of rotatable bonds is 4. The Morgan fingerprint density at radius 1 is 1.10 bits per heavy atom. The molecule has 31 heavy (non-hydrogen) atoms. The van der Waals surface area contributed by atoms with Crippen molar-refractivity contribution >= 4 is 50.8 Å². The number of ether oxygens (including phenoxy) is 1. The number of aryl methyl sites for hydroxylation is 1. The van der Waals surface area contributed by atoms with Gasteiger partial charge in [0.15, 0.2) is 0 Å². The predicted octanol–water partition coefficient (Wildman–Crippen LogP) is 5.52. The maximum atomic E-state index is 12.9. The van der Waals surface area contributed by atoms with Crippen molar-refractivity contribution in [1.82, 2.24) is 0 Å². The van der Waals surface area contributed by atoms with Gasteiger partial charge >= 0.3 is 11.6 Å². The molecule has 0 aliphatic carbocycles. The number of carbonyl (C=O) groups is 2. The van der Waals surface area contributed by atoms with Crippen LogP contribution in [0.3, 0.4) is 0 Å². The Balaban J connectivity index is 1.74. The maximum absolute atomic E-state index is 12.9. The van der Waals surface area contributed by atoms with Gasteiger partial charge in [0, 0.05) is 21.4 Å². The zero-order valence-corrected chi connectivity index (χ0v) is 18.1. The first kappa shape index (κ1) is 20.8. The van der Waals surface area contributed by atoms with E-state index in [1.54, 1.807) is 23.6 Å². The Kier molecular flexibility index (Phi) is 5.63. The molecule has 0 atom stereocenters. The van der Waals surface area contributed by atoms with Gasteiger partial charge in [0.05, 0.1) is 7.11 Å². The summed E-state index contributed by atoms with van der Waals surface area (Å²) in [5.41, 5.74) is 2.07. The van der Waals surface area contributed by atoms with Crippen LogP contribution < -0.4 is 10.9 Å². The highest BCUT2D eigenvalue weighted by atomic mass is 35.5. The quantitative estimate of drug-likeness (QED) is 0.324. The van der Waals surface area contributed by atoms with E-state index in [4.69, 9.17) is 20.8 Å². The van der Waals surface area contributed by atoms with Crippen LogP contribution in [-0.2, 0) is 4.74 Å². The topological polar surface area (TPSA) is 85.6 Å². The molecule has 4 aromatic rings. The number of halogens is 1. The number of amides is 1. The molecule has 2 heterocycles. The van der Waals surface area contributed by atoms with Gasteiger partial charge in [0.1, 0.15) is 21.7 Å². The summed E-state index contributed by atoms with van der Waals surface area (Å²) in [5, 5.41) is 5.64. The van der Waals surface area contributed by atoms with Gasteiger partial charge in [-0.1, -0.05) is 41.4 Å². The van der Waals surface area contributed by atoms with Gasteiger partial charge in [-0.25, -0.2) is 9.59 Å². The number of thiophene rings is 1. The van der Waals surface area contributed by atoms with Gasteiger partial charge in [-0.3, -0.25) is 4.79 Å². The van der Waals surface area contributed by atoms with Crippen LogP contribution in [-0.4, -0.2) is 19.0 Å². The lowest BCUT2D eigenvalue weighted by atomic mass is 10.0. The molecule has 156 valence electrons. The molecular formula is C23H16ClNO5S. The second kappa shape index (κ2) is 8.37. The van der Waals surface area contributed by atoms with Crippen LogP contribution in [0.2, 0.25) is 5.02 Å². The van der Waals surface area contributed by atoms with E-state index >= 15 is 0 Å². The monoisotopic (exact) mass is 453 g/mol. The molecule has 2 aromatic carbocycles. The third-order valence-corrected chi connectivity index (χ3v) is 5.84. The first-order chi connectivity index (χ1) is 14.9. The van der Waals surface area contributed by atoms with Crippen molar-refractivity contribution in [3.05, 3.63) is 86.0 Å². The fraction of sp³-hybridized carbons (Fsp3) is 0.0870. The summed E-state index contributed by atoms with van der Waals surface area (Å²) in [6.45, 7) is 1.96. The lowest BCUT2D eigenvalue weighted by Crippen LogP contribution is -2.21. The summed E-state index contributed by atoms with van der Waals surface area (Å²) in [5.74, 6) is -1.29. The second-order valence-electron chi connectivity index (χ2n) is 6.79. The first-order valence-electron chi connectivity index (χ1n) is 9.19. The number of hydrogen-bond donors (Lipinski definition) is 1. The summed E-state index contributed by atoms with van der Waals surface area (Å²) >= 11 is 7.16. The second-order valence-corrected chi connectivity index (χ2v) is 8.11. The van der Waals surface area contributed by atoms with Crippen molar-refractivity contribution in [2.24, 2.45) is 0 Å². The summed E-state index contributed by atoms with van der Waals surface area (Å²) < 4.78 is 10.2.